The van der Waals surface area contributed by atoms with E-state index in [9.17, 15) is 4.79 Å². The lowest BCUT2D eigenvalue weighted by Crippen LogP contribution is -2.44. The molecule has 7 heteroatoms. The van der Waals surface area contributed by atoms with Gasteiger partial charge < -0.3 is 4.90 Å². The molecule has 2 heterocycles. The van der Waals surface area contributed by atoms with Crippen molar-refractivity contribution in [3.8, 4) is 16.9 Å². The normalized spacial score (nSPS) is 15.3. The van der Waals surface area contributed by atoms with Crippen molar-refractivity contribution < 1.29 is 4.79 Å². The number of amides is 1. The Bertz CT molecular complexity index is 1240. The van der Waals surface area contributed by atoms with Gasteiger partial charge in [-0.25, -0.2) is 4.68 Å². The number of halogens is 2. The highest BCUT2D eigenvalue weighted by Gasteiger charge is 2.42. The monoisotopic (exact) mass is 482 g/mol. The Balaban J connectivity index is 1.97. The molecule has 4 rings (SSSR count). The average molecular weight is 483 g/mol. The third-order valence-corrected chi connectivity index (χ3v) is 6.88. The van der Waals surface area contributed by atoms with E-state index in [2.05, 4.69) is 43.1 Å². The second-order valence-electron chi connectivity index (χ2n) is 8.84. The van der Waals surface area contributed by atoms with E-state index in [1.165, 1.54) is 5.56 Å². The average Bonchev–Trinajstić information content (AvgIpc) is 3.25. The zero-order chi connectivity index (χ0) is 23.9. The van der Waals surface area contributed by atoms with Crippen LogP contribution in [0.2, 0.25) is 10.0 Å². The maximum atomic E-state index is 12.6. The fraction of sp³-hybridized carbons (Fsp3) is 0.346. The highest BCUT2D eigenvalue weighted by atomic mass is 35.5. The predicted molar refractivity (Wildman–Crippen MR) is 136 cm³/mol. The minimum Gasteiger partial charge on any atom is -0.343 e. The van der Waals surface area contributed by atoms with Crippen molar-refractivity contribution in [2.75, 3.05) is 7.05 Å². The van der Waals surface area contributed by atoms with Crippen LogP contribution in [0.5, 0.6) is 0 Å². The van der Waals surface area contributed by atoms with Crippen LogP contribution in [-0.4, -0.2) is 39.0 Å². The van der Waals surface area contributed by atoms with Crippen LogP contribution in [0.1, 0.15) is 50.9 Å². The molecule has 0 bridgehead atoms. The van der Waals surface area contributed by atoms with Gasteiger partial charge in [0.25, 0.3) is 5.91 Å². The summed E-state index contributed by atoms with van der Waals surface area (Å²) in [6, 6.07) is 13.9. The van der Waals surface area contributed by atoms with Crippen molar-refractivity contribution in [1.82, 2.24) is 14.7 Å². The van der Waals surface area contributed by atoms with Crippen LogP contribution < -0.4 is 0 Å². The molecule has 0 spiro atoms. The number of amidine groups is 1. The summed E-state index contributed by atoms with van der Waals surface area (Å²) in [6.45, 7) is 8.01. The van der Waals surface area contributed by atoms with E-state index < -0.39 is 5.54 Å². The highest BCUT2D eigenvalue weighted by Crippen LogP contribution is 2.36. The number of carbonyl (C=O) groups is 1. The van der Waals surface area contributed by atoms with E-state index in [0.717, 1.165) is 35.3 Å². The van der Waals surface area contributed by atoms with Gasteiger partial charge in [-0.2, -0.15) is 10.1 Å². The molecule has 0 atom stereocenters. The molecular formula is C26H28Cl2N4O. The van der Waals surface area contributed by atoms with E-state index in [1.807, 2.05) is 36.5 Å². The van der Waals surface area contributed by atoms with Crippen LogP contribution in [-0.2, 0) is 17.6 Å². The molecule has 0 aliphatic carbocycles. The maximum Gasteiger partial charge on any atom is 0.273 e. The number of aromatic nitrogens is 2. The fourth-order valence-corrected chi connectivity index (χ4v) is 4.62. The van der Waals surface area contributed by atoms with E-state index in [0.29, 0.717) is 28.0 Å². The number of likely N-dealkylation sites (N-methyl/N-ethyl adjacent to an activating group) is 1. The molecule has 1 aromatic heterocycles. The Morgan fingerprint density at radius 1 is 1.03 bits per heavy atom. The van der Waals surface area contributed by atoms with Gasteiger partial charge in [-0.1, -0.05) is 67.7 Å². The second kappa shape index (κ2) is 8.96. The van der Waals surface area contributed by atoms with E-state index in [4.69, 9.17) is 28.3 Å². The van der Waals surface area contributed by atoms with Crippen molar-refractivity contribution in [2.45, 2.75) is 52.5 Å². The van der Waals surface area contributed by atoms with Gasteiger partial charge >= 0.3 is 0 Å². The zero-order valence-corrected chi connectivity index (χ0v) is 21.1. The highest BCUT2D eigenvalue weighted by molar-refractivity contribution is 6.35. The Kier molecular flexibility index (Phi) is 6.39. The van der Waals surface area contributed by atoms with E-state index >= 15 is 0 Å². The van der Waals surface area contributed by atoms with Crippen LogP contribution in [0.4, 0.5) is 0 Å². The van der Waals surface area contributed by atoms with Crippen LogP contribution in [0.3, 0.4) is 0 Å². The first-order chi connectivity index (χ1) is 15.7. The summed E-state index contributed by atoms with van der Waals surface area (Å²) in [5.41, 5.74) is 4.97. The minimum atomic E-state index is -0.718. The molecule has 1 aliphatic heterocycles. The van der Waals surface area contributed by atoms with Gasteiger partial charge in [-0.15, -0.1) is 0 Å². The first kappa shape index (κ1) is 23.5. The second-order valence-corrected chi connectivity index (χ2v) is 9.69. The summed E-state index contributed by atoms with van der Waals surface area (Å²) in [5, 5.41) is 6.03. The zero-order valence-electron chi connectivity index (χ0n) is 19.6. The number of nitrogens with zero attached hydrogens (tertiary/aromatic N) is 4. The number of rotatable bonds is 6. The summed E-state index contributed by atoms with van der Waals surface area (Å²) in [5.74, 6) is 0.404. The molecule has 0 saturated carbocycles. The molecular weight excluding hydrogens is 455 g/mol. The Morgan fingerprint density at radius 3 is 2.27 bits per heavy atom. The van der Waals surface area contributed by atoms with Crippen LogP contribution >= 0.6 is 23.2 Å². The molecule has 33 heavy (non-hydrogen) atoms. The first-order valence-electron chi connectivity index (χ1n) is 11.2. The van der Waals surface area contributed by atoms with Crippen molar-refractivity contribution in [3.63, 3.8) is 0 Å². The Morgan fingerprint density at radius 2 is 1.73 bits per heavy atom. The SMILES string of the molecule is CCCc1ccc(-c2c(CC)c(C3=NC(=O)C(C)(C)N3C)nn2-c2ccc(Cl)cc2Cl)cc1. The quantitative estimate of drug-likeness (QED) is 0.410. The van der Waals surface area contributed by atoms with Crippen LogP contribution in [0.25, 0.3) is 16.9 Å². The lowest BCUT2D eigenvalue weighted by atomic mass is 10.00. The smallest absolute Gasteiger partial charge is 0.273 e. The molecule has 3 aromatic rings. The van der Waals surface area contributed by atoms with E-state index in [1.54, 1.807) is 12.1 Å². The third-order valence-electron chi connectivity index (χ3n) is 6.34. The predicted octanol–water partition coefficient (Wildman–Crippen LogP) is 6.36. The largest absolute Gasteiger partial charge is 0.343 e. The Labute approximate surface area is 205 Å². The number of hydrogen-bond acceptors (Lipinski definition) is 3. The molecule has 172 valence electrons. The summed E-state index contributed by atoms with van der Waals surface area (Å²) < 4.78 is 1.85. The molecule has 0 unspecified atom stereocenters. The third kappa shape index (κ3) is 4.09. The summed E-state index contributed by atoms with van der Waals surface area (Å²) in [7, 11) is 1.89. The number of benzene rings is 2. The van der Waals surface area contributed by atoms with Gasteiger partial charge in [0.2, 0.25) is 0 Å². The maximum absolute atomic E-state index is 12.6. The molecule has 0 radical (unpaired) electrons. The molecule has 0 saturated heterocycles. The van der Waals surface area contributed by atoms with Crippen molar-refractivity contribution >= 4 is 34.9 Å². The van der Waals surface area contributed by atoms with Gasteiger partial charge in [-0.05, 0) is 50.5 Å². The first-order valence-corrected chi connectivity index (χ1v) is 12.0. The number of aryl methyl sites for hydroxylation is 1. The number of hydrogen-bond donors (Lipinski definition) is 0. The van der Waals surface area contributed by atoms with Crippen LogP contribution in [0.15, 0.2) is 47.5 Å². The summed E-state index contributed by atoms with van der Waals surface area (Å²) in [6.07, 6.45) is 2.85. The molecule has 5 nitrogen and oxygen atoms in total. The van der Waals surface area contributed by atoms with Gasteiger partial charge in [-0.3, -0.25) is 4.79 Å². The minimum absolute atomic E-state index is 0.174. The number of aliphatic imine (C=N–C) groups is 1. The number of carbonyl (C=O) groups excluding carboxylic acids is 1. The standard InChI is InChI=1S/C26H28Cl2N4O/c1-6-8-16-9-11-17(12-10-16)23-19(7-2)22(24-29-25(33)26(3,4)31(24)5)30-32(23)21-14-13-18(27)15-20(21)28/h9-15H,6-8H2,1-5H3. The molecule has 1 aliphatic rings. The van der Waals surface area contributed by atoms with Crippen molar-refractivity contribution in [1.29, 1.82) is 0 Å². The van der Waals surface area contributed by atoms with Gasteiger partial charge in [0.15, 0.2) is 5.84 Å². The van der Waals surface area contributed by atoms with Gasteiger partial charge in [0.05, 0.1) is 16.4 Å². The topological polar surface area (TPSA) is 50.5 Å². The molecule has 2 aromatic carbocycles. The summed E-state index contributed by atoms with van der Waals surface area (Å²) >= 11 is 12.8. The fourth-order valence-electron chi connectivity index (χ4n) is 4.13. The lowest BCUT2D eigenvalue weighted by molar-refractivity contribution is -0.123. The Hall–Kier alpha value is -2.63. The molecule has 0 N–H and O–H groups in total. The molecule has 0 fully saturated rings. The van der Waals surface area contributed by atoms with Crippen molar-refractivity contribution in [2.24, 2.45) is 4.99 Å². The van der Waals surface area contributed by atoms with Gasteiger partial charge in [0, 0.05) is 23.2 Å². The van der Waals surface area contributed by atoms with Gasteiger partial charge in [0.1, 0.15) is 11.2 Å². The molecule has 1 amide bonds. The summed E-state index contributed by atoms with van der Waals surface area (Å²) in [4.78, 5) is 18.9. The lowest BCUT2D eigenvalue weighted by Gasteiger charge is -2.27. The van der Waals surface area contributed by atoms with Crippen LogP contribution in [0, 0.1) is 0 Å². The van der Waals surface area contributed by atoms with Crippen molar-refractivity contribution in [3.05, 3.63) is 69.3 Å². The van der Waals surface area contributed by atoms with E-state index in [-0.39, 0.29) is 5.91 Å².